The molecule has 4 aliphatic rings. The van der Waals surface area contributed by atoms with Gasteiger partial charge in [0.15, 0.2) is 5.78 Å². The Morgan fingerprint density at radius 2 is 1.80 bits per heavy atom. The number of hydrogen-bond acceptors (Lipinski definition) is 5. The Labute approximate surface area is 149 Å². The van der Waals surface area contributed by atoms with Crippen LogP contribution in [0.3, 0.4) is 0 Å². The van der Waals surface area contributed by atoms with Crippen molar-refractivity contribution >= 4 is 11.8 Å². The minimum absolute atomic E-state index is 0.0198. The van der Waals surface area contributed by atoms with Gasteiger partial charge < -0.3 is 14.6 Å². The number of Topliss-reactive ketones (excluding diaryl/α,β-unsaturated/α-hetero) is 1. The predicted molar refractivity (Wildman–Crippen MR) is 90.8 cm³/mol. The summed E-state index contributed by atoms with van der Waals surface area (Å²) in [4.78, 5) is 24.8. The molecule has 0 radical (unpaired) electrons. The number of rotatable bonds is 0. The summed E-state index contributed by atoms with van der Waals surface area (Å²) < 4.78 is 12.0. The monoisotopic (exact) mass is 350 g/mol. The zero-order valence-electron chi connectivity index (χ0n) is 15.8. The lowest BCUT2D eigenvalue weighted by atomic mass is 9.43. The fourth-order valence-electron chi connectivity index (χ4n) is 6.84. The Kier molecular flexibility index (Phi) is 3.54. The van der Waals surface area contributed by atoms with Gasteiger partial charge in [-0.1, -0.05) is 34.1 Å². The summed E-state index contributed by atoms with van der Waals surface area (Å²) in [6.07, 6.45) is 3.80. The Hall–Kier alpha value is -0.940. The van der Waals surface area contributed by atoms with Crippen molar-refractivity contribution in [3.63, 3.8) is 0 Å². The molecule has 4 fully saturated rings. The fourth-order valence-corrected chi connectivity index (χ4v) is 6.84. The van der Waals surface area contributed by atoms with Crippen LogP contribution in [0, 0.1) is 22.7 Å². The van der Waals surface area contributed by atoms with Crippen LogP contribution in [0.1, 0.15) is 66.2 Å². The van der Waals surface area contributed by atoms with Gasteiger partial charge in [0.2, 0.25) is 0 Å². The van der Waals surface area contributed by atoms with Crippen molar-refractivity contribution in [1.29, 1.82) is 0 Å². The number of aliphatic hydroxyl groups excluding tert-OH is 1. The Bertz CT molecular complexity index is 628. The van der Waals surface area contributed by atoms with Gasteiger partial charge in [0.25, 0.3) is 0 Å². The van der Waals surface area contributed by atoms with E-state index in [1.165, 1.54) is 0 Å². The highest BCUT2D eigenvalue weighted by atomic mass is 16.6. The first-order valence-corrected chi connectivity index (χ1v) is 9.65. The Morgan fingerprint density at radius 3 is 2.44 bits per heavy atom. The lowest BCUT2D eigenvalue weighted by Crippen LogP contribution is -2.69. The van der Waals surface area contributed by atoms with E-state index in [0.29, 0.717) is 6.61 Å². The average Bonchev–Trinajstić information content (AvgIpc) is 3.08. The van der Waals surface area contributed by atoms with Crippen LogP contribution in [0.15, 0.2) is 0 Å². The van der Waals surface area contributed by atoms with Crippen LogP contribution in [0.25, 0.3) is 0 Å². The normalized spacial score (nSPS) is 51.8. The third-order valence-corrected chi connectivity index (χ3v) is 8.00. The van der Waals surface area contributed by atoms with Crippen molar-refractivity contribution in [3.8, 4) is 0 Å². The van der Waals surface area contributed by atoms with E-state index in [1.807, 2.05) is 6.92 Å². The highest BCUT2D eigenvalue weighted by Gasteiger charge is 2.72. The van der Waals surface area contributed by atoms with Crippen LogP contribution in [0.5, 0.6) is 0 Å². The van der Waals surface area contributed by atoms with Gasteiger partial charge in [0.05, 0.1) is 12.0 Å². The average molecular weight is 350 g/mol. The summed E-state index contributed by atoms with van der Waals surface area (Å²) in [5.74, 6) is -0.713. The molecule has 5 nitrogen and oxygen atoms in total. The first-order chi connectivity index (χ1) is 11.6. The largest absolute Gasteiger partial charge is 0.463 e. The summed E-state index contributed by atoms with van der Waals surface area (Å²) in [5, 5.41) is 10.8. The van der Waals surface area contributed by atoms with E-state index >= 15 is 0 Å². The molecule has 1 N–H and O–H groups in total. The summed E-state index contributed by atoms with van der Waals surface area (Å²) >= 11 is 0. The summed E-state index contributed by atoms with van der Waals surface area (Å²) in [5.41, 5.74) is -1.61. The van der Waals surface area contributed by atoms with Crippen molar-refractivity contribution in [3.05, 3.63) is 0 Å². The van der Waals surface area contributed by atoms with Gasteiger partial charge in [0, 0.05) is 17.3 Å². The lowest BCUT2D eigenvalue weighted by Gasteiger charge is -2.63. The fraction of sp³-hybridized carbons (Fsp3) is 0.900. The second kappa shape index (κ2) is 5.07. The molecule has 2 spiro atoms. The van der Waals surface area contributed by atoms with Gasteiger partial charge in [-0.15, -0.1) is 0 Å². The molecule has 0 aromatic rings. The van der Waals surface area contributed by atoms with Crippen molar-refractivity contribution in [2.75, 3.05) is 6.61 Å². The number of aliphatic hydroxyl groups is 1. The number of ether oxygens (including phenoxy) is 2. The molecule has 0 bridgehead atoms. The molecule has 25 heavy (non-hydrogen) atoms. The highest BCUT2D eigenvalue weighted by molar-refractivity contribution is 5.88. The van der Waals surface area contributed by atoms with Gasteiger partial charge in [-0.25, -0.2) is 0 Å². The van der Waals surface area contributed by atoms with E-state index in [4.69, 9.17) is 9.47 Å². The van der Waals surface area contributed by atoms with Crippen LogP contribution < -0.4 is 0 Å². The van der Waals surface area contributed by atoms with E-state index in [9.17, 15) is 14.7 Å². The van der Waals surface area contributed by atoms with E-state index < -0.39 is 17.3 Å². The second-order valence-corrected chi connectivity index (χ2v) is 9.84. The van der Waals surface area contributed by atoms with Gasteiger partial charge in [-0.3, -0.25) is 9.59 Å². The van der Waals surface area contributed by atoms with Crippen LogP contribution in [-0.4, -0.2) is 40.8 Å². The second-order valence-electron chi connectivity index (χ2n) is 9.84. The molecule has 2 aliphatic heterocycles. The predicted octanol–water partition coefficient (Wildman–Crippen LogP) is 2.63. The number of fused-ring (bicyclic) bond motifs is 2. The number of esters is 1. The maximum Gasteiger partial charge on any atom is 0.308 e. The van der Waals surface area contributed by atoms with E-state index in [0.717, 1.165) is 32.1 Å². The SMILES string of the molecule is C[C@@H]1[C@@H](O)C(=O)[C@H]2C(C)(C)CCC[C@]2(C)[C@@]12CC[C@]1(COC(=O)C1)O2. The summed E-state index contributed by atoms with van der Waals surface area (Å²) in [6, 6.07) is 0. The van der Waals surface area contributed by atoms with Crippen LogP contribution in [-0.2, 0) is 19.1 Å². The molecule has 140 valence electrons. The molecule has 4 rings (SSSR count). The first kappa shape index (κ1) is 17.5. The molecule has 2 saturated carbocycles. The number of hydrogen-bond donors (Lipinski definition) is 1. The minimum Gasteiger partial charge on any atom is -0.463 e. The van der Waals surface area contributed by atoms with Crippen molar-refractivity contribution in [1.82, 2.24) is 0 Å². The standard InChI is InChI=1S/C20H30O5/c1-12-14(22)15(23)16-17(2,3)6-5-7-18(16,4)20(12)9-8-19(25-20)10-13(21)24-11-19/h12,14,16,22H,5-11H2,1-4H3/t12-,14-,16+,18+,19+,20-/m1/s1. The number of cyclic esters (lactones) is 1. The molecule has 0 aromatic carbocycles. The van der Waals surface area contributed by atoms with E-state index in [1.54, 1.807) is 0 Å². The van der Waals surface area contributed by atoms with Crippen molar-refractivity contribution < 1.29 is 24.2 Å². The van der Waals surface area contributed by atoms with E-state index in [2.05, 4.69) is 20.8 Å². The van der Waals surface area contributed by atoms with Crippen LogP contribution in [0.4, 0.5) is 0 Å². The van der Waals surface area contributed by atoms with Crippen molar-refractivity contribution in [2.24, 2.45) is 22.7 Å². The Morgan fingerprint density at radius 1 is 1.08 bits per heavy atom. The molecule has 0 aromatic heterocycles. The molecular formula is C20H30O5. The topological polar surface area (TPSA) is 72.8 Å². The van der Waals surface area contributed by atoms with Gasteiger partial charge in [-0.05, 0) is 31.1 Å². The Balaban J connectivity index is 1.81. The molecule has 5 heteroatoms. The number of carbonyl (C=O) groups excluding carboxylic acids is 2. The van der Waals surface area contributed by atoms with Crippen LogP contribution in [0.2, 0.25) is 0 Å². The molecule has 2 aliphatic carbocycles. The molecule has 0 amide bonds. The number of carbonyl (C=O) groups is 2. The van der Waals surface area contributed by atoms with Gasteiger partial charge >= 0.3 is 5.97 Å². The molecular weight excluding hydrogens is 320 g/mol. The first-order valence-electron chi connectivity index (χ1n) is 9.65. The van der Waals surface area contributed by atoms with E-state index in [-0.39, 0.29) is 40.8 Å². The van der Waals surface area contributed by atoms with Gasteiger partial charge in [0.1, 0.15) is 18.3 Å². The molecule has 2 heterocycles. The zero-order chi connectivity index (χ0) is 18.3. The maximum absolute atomic E-state index is 13.1. The third-order valence-electron chi connectivity index (χ3n) is 8.00. The molecule has 0 unspecified atom stereocenters. The maximum atomic E-state index is 13.1. The summed E-state index contributed by atoms with van der Waals surface area (Å²) in [7, 11) is 0. The highest BCUT2D eigenvalue weighted by Crippen LogP contribution is 2.67. The molecule has 2 saturated heterocycles. The lowest BCUT2D eigenvalue weighted by molar-refractivity contribution is -0.255. The van der Waals surface area contributed by atoms with Crippen LogP contribution >= 0.6 is 0 Å². The smallest absolute Gasteiger partial charge is 0.308 e. The third kappa shape index (κ3) is 2.08. The zero-order valence-corrected chi connectivity index (χ0v) is 15.8. The quantitative estimate of drug-likeness (QED) is 0.680. The van der Waals surface area contributed by atoms with Crippen molar-refractivity contribution in [2.45, 2.75) is 83.5 Å². The summed E-state index contributed by atoms with van der Waals surface area (Å²) in [6.45, 7) is 8.74. The van der Waals surface area contributed by atoms with Gasteiger partial charge in [-0.2, -0.15) is 0 Å². The molecule has 6 atom stereocenters. The number of ketones is 1. The minimum atomic E-state index is -0.997.